The first-order chi connectivity index (χ1) is 13.3. The molecule has 1 aromatic carbocycles. The van der Waals surface area contributed by atoms with Crippen LogP contribution in [-0.4, -0.2) is 37.4 Å². The van der Waals surface area contributed by atoms with Gasteiger partial charge in [0.1, 0.15) is 9.77 Å². The van der Waals surface area contributed by atoms with Gasteiger partial charge in [-0.1, -0.05) is 6.07 Å². The number of nitrogens with zero attached hydrogens (tertiary/aromatic N) is 1. The van der Waals surface area contributed by atoms with Crippen molar-refractivity contribution in [2.45, 2.75) is 4.90 Å². The number of carbonyl (C=O) groups excluding carboxylic acids is 1. The molecule has 9 nitrogen and oxygen atoms in total. The predicted molar refractivity (Wildman–Crippen MR) is 102 cm³/mol. The fourth-order valence-corrected chi connectivity index (χ4v) is 5.67. The normalized spacial score (nSPS) is 18.6. The van der Waals surface area contributed by atoms with Crippen LogP contribution in [0.2, 0.25) is 0 Å². The zero-order valence-corrected chi connectivity index (χ0v) is 16.2. The second kappa shape index (κ2) is 6.96. The third-order valence-electron chi connectivity index (χ3n) is 3.65. The van der Waals surface area contributed by atoms with Crippen molar-refractivity contribution in [3.63, 3.8) is 0 Å². The molecule has 2 aromatic rings. The Morgan fingerprint density at radius 1 is 1.25 bits per heavy atom. The van der Waals surface area contributed by atoms with Crippen LogP contribution in [0.4, 0.5) is 0 Å². The summed E-state index contributed by atoms with van der Waals surface area (Å²) in [7, 11) is -4.29. The molecule has 1 aromatic heterocycles. The lowest BCUT2D eigenvalue weighted by Gasteiger charge is -1.99. The summed E-state index contributed by atoms with van der Waals surface area (Å²) in [6.07, 6.45) is 1.56. The molecule has 0 atom stereocenters. The Hall–Kier alpha value is -2.83. The van der Waals surface area contributed by atoms with Gasteiger partial charge in [-0.15, -0.1) is 15.7 Å². The van der Waals surface area contributed by atoms with Crippen LogP contribution in [-0.2, 0) is 14.8 Å². The summed E-state index contributed by atoms with van der Waals surface area (Å²) in [5.74, 6) is -0.724. The molecule has 144 valence electrons. The highest BCUT2D eigenvalue weighted by atomic mass is 32.2. The highest BCUT2D eigenvalue weighted by Crippen LogP contribution is 2.35. The summed E-state index contributed by atoms with van der Waals surface area (Å²) in [5, 5.41) is 12.7. The lowest BCUT2D eigenvalue weighted by molar-refractivity contribution is -0.115. The van der Waals surface area contributed by atoms with E-state index in [2.05, 4.69) is 9.71 Å². The van der Waals surface area contributed by atoms with Crippen LogP contribution in [0.5, 0.6) is 11.5 Å². The zero-order valence-electron chi connectivity index (χ0n) is 13.7. The average Bonchev–Trinajstić information content (AvgIpc) is 3.35. The highest BCUT2D eigenvalue weighted by Gasteiger charge is 2.29. The summed E-state index contributed by atoms with van der Waals surface area (Å²) in [6.45, 7) is 0.125. The molecule has 1 saturated heterocycles. The fraction of sp³-hybridized carbons (Fsp3) is 0.0625. The maximum absolute atomic E-state index is 12.4. The lowest BCUT2D eigenvalue weighted by atomic mass is 10.2. The molecule has 0 spiro atoms. The maximum atomic E-state index is 12.4. The molecule has 0 aliphatic carbocycles. The van der Waals surface area contributed by atoms with Crippen molar-refractivity contribution < 1.29 is 32.6 Å². The van der Waals surface area contributed by atoms with Gasteiger partial charge in [0.15, 0.2) is 16.7 Å². The van der Waals surface area contributed by atoms with E-state index in [0.717, 1.165) is 29.2 Å². The van der Waals surface area contributed by atoms with Crippen molar-refractivity contribution in [1.82, 2.24) is 5.32 Å². The standard InChI is InChI=1S/C16H10N2O7S3/c19-14-11(6-8-1-2-9-10(5-8)25-7-24-9)27-16(17-14)18-28(22,23)12-3-4-26-13(12)15(20)21/h1-6H,7H2,(H,20,21)(H,17,18,19)/b11-6+. The summed E-state index contributed by atoms with van der Waals surface area (Å²) >= 11 is 1.62. The number of aromatic carboxylic acids is 1. The maximum Gasteiger partial charge on any atom is 0.347 e. The molecule has 0 unspecified atom stereocenters. The molecule has 12 heteroatoms. The van der Waals surface area contributed by atoms with Gasteiger partial charge >= 0.3 is 5.97 Å². The number of hydrogen-bond acceptors (Lipinski definition) is 8. The second-order valence-electron chi connectivity index (χ2n) is 5.47. The summed E-state index contributed by atoms with van der Waals surface area (Å²) < 4.78 is 38.9. The number of thioether (sulfide) groups is 1. The summed E-state index contributed by atoms with van der Waals surface area (Å²) in [5.41, 5.74) is 0.664. The third kappa shape index (κ3) is 3.48. The second-order valence-corrected chi connectivity index (χ2v) is 8.99. The molecule has 28 heavy (non-hydrogen) atoms. The van der Waals surface area contributed by atoms with E-state index in [1.807, 2.05) is 0 Å². The van der Waals surface area contributed by atoms with E-state index in [1.165, 1.54) is 5.38 Å². The Morgan fingerprint density at radius 2 is 2.04 bits per heavy atom. The first kappa shape index (κ1) is 18.5. The van der Waals surface area contributed by atoms with E-state index in [-0.39, 0.29) is 21.7 Å². The molecule has 4 rings (SSSR count). The number of fused-ring (bicyclic) bond motifs is 1. The van der Waals surface area contributed by atoms with Gasteiger partial charge in [0.2, 0.25) is 6.79 Å². The Morgan fingerprint density at radius 3 is 2.82 bits per heavy atom. The topological polar surface area (TPSA) is 131 Å². The monoisotopic (exact) mass is 438 g/mol. The molecule has 0 radical (unpaired) electrons. The third-order valence-corrected chi connectivity index (χ3v) is 7.03. The van der Waals surface area contributed by atoms with E-state index in [9.17, 15) is 18.0 Å². The number of ether oxygens (including phenoxy) is 2. The fourth-order valence-electron chi connectivity index (χ4n) is 2.44. The molecule has 2 aliphatic rings. The minimum atomic E-state index is -4.29. The number of amidine groups is 1. The number of sulfonamides is 1. The Kier molecular flexibility index (Phi) is 4.61. The summed E-state index contributed by atoms with van der Waals surface area (Å²) in [4.78, 5) is 22.8. The van der Waals surface area contributed by atoms with Gasteiger partial charge in [-0.2, -0.15) is 8.42 Å². The summed E-state index contributed by atoms with van der Waals surface area (Å²) in [6, 6.07) is 6.29. The molecular weight excluding hydrogens is 428 g/mol. The van der Waals surface area contributed by atoms with Crippen molar-refractivity contribution in [3.8, 4) is 11.5 Å². The van der Waals surface area contributed by atoms with E-state index in [4.69, 9.17) is 14.6 Å². The number of carbonyl (C=O) groups is 2. The molecule has 2 N–H and O–H groups in total. The highest BCUT2D eigenvalue weighted by molar-refractivity contribution is 8.19. The van der Waals surface area contributed by atoms with Gasteiger partial charge < -0.3 is 14.6 Å². The predicted octanol–water partition coefficient (Wildman–Crippen LogP) is 2.12. The van der Waals surface area contributed by atoms with E-state index >= 15 is 0 Å². The number of amides is 1. The number of nitrogens with one attached hydrogen (secondary N) is 1. The Labute approximate surface area is 166 Å². The number of rotatable bonds is 4. The van der Waals surface area contributed by atoms with Gasteiger partial charge in [-0.3, -0.25) is 10.1 Å². The van der Waals surface area contributed by atoms with Crippen LogP contribution in [0.25, 0.3) is 6.08 Å². The van der Waals surface area contributed by atoms with Crippen LogP contribution < -0.4 is 14.8 Å². The molecule has 0 bridgehead atoms. The van der Waals surface area contributed by atoms with Crippen molar-refractivity contribution >= 4 is 56.2 Å². The number of thiophene rings is 1. The van der Waals surface area contributed by atoms with E-state index in [1.54, 1.807) is 24.3 Å². The Bertz CT molecular complexity index is 1160. The van der Waals surface area contributed by atoms with Gasteiger partial charge in [-0.05, 0) is 47.0 Å². The van der Waals surface area contributed by atoms with Crippen LogP contribution in [0, 0.1) is 0 Å². The van der Waals surface area contributed by atoms with Gasteiger partial charge in [0.05, 0.1) is 4.91 Å². The number of carboxylic acids is 1. The van der Waals surface area contributed by atoms with Crippen LogP contribution in [0.15, 0.2) is 43.8 Å². The molecule has 2 aliphatic heterocycles. The zero-order chi connectivity index (χ0) is 19.9. The number of benzene rings is 1. The quantitative estimate of drug-likeness (QED) is 0.694. The van der Waals surface area contributed by atoms with Crippen LogP contribution in [0.3, 0.4) is 0 Å². The minimum Gasteiger partial charge on any atom is -0.477 e. The van der Waals surface area contributed by atoms with Crippen molar-refractivity contribution in [3.05, 3.63) is 45.0 Å². The number of hydrogen-bond donors (Lipinski definition) is 2. The molecular formula is C16H10N2O7S3. The SMILES string of the molecule is O=C1N/C(=N\S(=O)(=O)c2ccsc2C(=O)O)S/C1=C/c1ccc2c(c1)OCO2. The van der Waals surface area contributed by atoms with Crippen molar-refractivity contribution in [2.75, 3.05) is 6.79 Å². The van der Waals surface area contributed by atoms with Crippen LogP contribution >= 0.6 is 23.1 Å². The minimum absolute atomic E-state index is 0.125. The largest absolute Gasteiger partial charge is 0.477 e. The van der Waals surface area contributed by atoms with Gasteiger partial charge in [-0.25, -0.2) is 4.79 Å². The molecule has 0 saturated carbocycles. The van der Waals surface area contributed by atoms with Crippen LogP contribution in [0.1, 0.15) is 15.2 Å². The molecule has 1 amide bonds. The smallest absolute Gasteiger partial charge is 0.347 e. The molecule has 1 fully saturated rings. The first-order valence-electron chi connectivity index (χ1n) is 7.60. The van der Waals surface area contributed by atoms with Crippen molar-refractivity contribution in [1.29, 1.82) is 0 Å². The van der Waals surface area contributed by atoms with Gasteiger partial charge in [0, 0.05) is 0 Å². The van der Waals surface area contributed by atoms with E-state index in [0.29, 0.717) is 17.1 Å². The average molecular weight is 438 g/mol. The first-order valence-corrected chi connectivity index (χ1v) is 10.7. The van der Waals surface area contributed by atoms with Crippen molar-refractivity contribution in [2.24, 2.45) is 4.40 Å². The van der Waals surface area contributed by atoms with Gasteiger partial charge in [0.25, 0.3) is 15.9 Å². The van der Waals surface area contributed by atoms with E-state index < -0.39 is 26.8 Å². The lowest BCUT2D eigenvalue weighted by Crippen LogP contribution is -2.21. The Balaban J connectivity index is 1.60. The number of carboxylic acid groups (broad SMARTS) is 1. The molecule has 3 heterocycles.